The fourth-order valence-corrected chi connectivity index (χ4v) is 4.11. The van der Waals surface area contributed by atoms with Crippen LogP contribution in [0.2, 0.25) is 0 Å². The van der Waals surface area contributed by atoms with Crippen molar-refractivity contribution in [1.82, 2.24) is 9.97 Å². The van der Waals surface area contributed by atoms with E-state index in [1.54, 1.807) is 0 Å². The molecule has 0 fully saturated rings. The first-order valence-corrected chi connectivity index (χ1v) is 11.9. The Morgan fingerprint density at radius 2 is 1.31 bits per heavy atom. The molecule has 1 aromatic heterocycles. The molecule has 0 saturated heterocycles. The van der Waals surface area contributed by atoms with Crippen molar-refractivity contribution in [3.8, 4) is 33.9 Å². The maximum absolute atomic E-state index is 5.13. The van der Waals surface area contributed by atoms with E-state index in [4.69, 9.17) is 9.97 Å². The minimum atomic E-state index is 0.700. The fourth-order valence-electron chi connectivity index (χ4n) is 4.11. The highest BCUT2D eigenvalue weighted by Gasteiger charge is 2.20. The minimum Gasteiger partial charge on any atom is -0.227 e. The third kappa shape index (κ3) is 5.28. The molecule has 0 atom stereocenters. The number of rotatable bonds is 8. The normalized spacial score (nSPS) is 11.5. The first kappa shape index (κ1) is 23.8. The van der Waals surface area contributed by atoms with Crippen LogP contribution in [0.5, 0.6) is 0 Å². The molecule has 2 nitrogen and oxygen atoms in total. The average Bonchev–Trinajstić information content (AvgIpc) is 2.92. The Hall–Kier alpha value is -4.30. The minimum absolute atomic E-state index is 0.700. The van der Waals surface area contributed by atoms with Gasteiger partial charge in [0.2, 0.25) is 0 Å². The summed E-state index contributed by atoms with van der Waals surface area (Å²) in [6.07, 6.45) is 9.00. The Morgan fingerprint density at radius 3 is 1.83 bits per heavy atom. The van der Waals surface area contributed by atoms with Crippen LogP contribution in [-0.4, -0.2) is 9.97 Å². The second-order valence-corrected chi connectivity index (χ2v) is 8.23. The fraction of sp³-hybridized carbons (Fsp3) is 0.0909. The molecule has 4 rings (SSSR count). The lowest BCUT2D eigenvalue weighted by atomic mass is 9.92. The van der Waals surface area contributed by atoms with Crippen LogP contribution in [0.1, 0.15) is 31.4 Å². The van der Waals surface area contributed by atoms with E-state index >= 15 is 0 Å². The van der Waals surface area contributed by atoms with Gasteiger partial charge in [-0.3, -0.25) is 0 Å². The number of hydrogen-bond donors (Lipinski definition) is 0. The van der Waals surface area contributed by atoms with Crippen LogP contribution >= 0.6 is 0 Å². The highest BCUT2D eigenvalue weighted by molar-refractivity contribution is 5.92. The molecule has 3 aromatic carbocycles. The monoisotopic (exact) mass is 454 g/mol. The first-order valence-electron chi connectivity index (χ1n) is 11.9. The summed E-state index contributed by atoms with van der Waals surface area (Å²) in [5.74, 6) is 0.700. The molecule has 2 heteroatoms. The molecule has 0 saturated carbocycles. The van der Waals surface area contributed by atoms with Crippen molar-refractivity contribution >= 4 is 11.1 Å². The summed E-state index contributed by atoms with van der Waals surface area (Å²) < 4.78 is 0. The topological polar surface area (TPSA) is 25.8 Å². The Kier molecular flexibility index (Phi) is 7.64. The Balaban J connectivity index is 2.03. The standard InChI is InChI=1S/C33H30N2/c1-5-14-24(4)26-20-22-28(23-21-26)32-30(25(7-3)15-6-2)31(27-16-10-8-11-17-27)34-33(35-32)29-18-12-9-13-19-29/h5,7-23H,3-4,6H2,1-2H3. The van der Waals surface area contributed by atoms with Gasteiger partial charge in [0.25, 0.3) is 0 Å². The van der Waals surface area contributed by atoms with Gasteiger partial charge in [-0.05, 0) is 30.1 Å². The van der Waals surface area contributed by atoms with Crippen molar-refractivity contribution in [2.75, 3.05) is 0 Å². The third-order valence-corrected chi connectivity index (χ3v) is 5.82. The Morgan fingerprint density at radius 1 is 0.771 bits per heavy atom. The zero-order chi connectivity index (χ0) is 24.6. The largest absolute Gasteiger partial charge is 0.227 e. The summed E-state index contributed by atoms with van der Waals surface area (Å²) in [5, 5.41) is 0. The van der Waals surface area contributed by atoms with Crippen LogP contribution in [0.4, 0.5) is 0 Å². The molecule has 0 unspecified atom stereocenters. The average molecular weight is 455 g/mol. The van der Waals surface area contributed by atoms with Crippen molar-refractivity contribution in [1.29, 1.82) is 0 Å². The van der Waals surface area contributed by atoms with Crippen LogP contribution in [-0.2, 0) is 0 Å². The van der Waals surface area contributed by atoms with Crippen molar-refractivity contribution in [2.24, 2.45) is 0 Å². The van der Waals surface area contributed by atoms with E-state index in [1.807, 2.05) is 73.7 Å². The zero-order valence-corrected chi connectivity index (χ0v) is 20.4. The maximum atomic E-state index is 5.13. The Labute approximate surface area is 208 Å². The summed E-state index contributed by atoms with van der Waals surface area (Å²) in [4.78, 5) is 10.2. The molecule has 1 heterocycles. The molecule has 0 spiro atoms. The smallest absolute Gasteiger partial charge is 0.160 e. The van der Waals surface area contributed by atoms with Crippen molar-refractivity contribution < 1.29 is 0 Å². The quantitative estimate of drug-likeness (QED) is 0.248. The van der Waals surface area contributed by atoms with Gasteiger partial charge >= 0.3 is 0 Å². The molecule has 0 bridgehead atoms. The van der Waals surface area contributed by atoms with Crippen molar-refractivity contribution in [2.45, 2.75) is 20.3 Å². The second kappa shape index (κ2) is 11.2. The lowest BCUT2D eigenvalue weighted by Crippen LogP contribution is -2.03. The van der Waals surface area contributed by atoms with Crippen LogP contribution in [0.3, 0.4) is 0 Å². The maximum Gasteiger partial charge on any atom is 0.160 e. The van der Waals surface area contributed by atoms with Gasteiger partial charge < -0.3 is 0 Å². The van der Waals surface area contributed by atoms with Gasteiger partial charge in [-0.2, -0.15) is 0 Å². The number of hydrogen-bond acceptors (Lipinski definition) is 2. The Bertz CT molecular complexity index is 1380. The molecule has 35 heavy (non-hydrogen) atoms. The highest BCUT2D eigenvalue weighted by atomic mass is 14.9. The first-order chi connectivity index (χ1) is 17.2. The van der Waals surface area contributed by atoms with Gasteiger partial charge in [0.15, 0.2) is 5.82 Å². The van der Waals surface area contributed by atoms with E-state index in [-0.39, 0.29) is 0 Å². The lowest BCUT2D eigenvalue weighted by Gasteiger charge is -2.18. The summed E-state index contributed by atoms with van der Waals surface area (Å²) in [6, 6.07) is 28.9. The summed E-state index contributed by atoms with van der Waals surface area (Å²) in [6.45, 7) is 12.4. The van der Waals surface area contributed by atoms with Gasteiger partial charge in [-0.25, -0.2) is 9.97 Å². The van der Waals surface area contributed by atoms with Gasteiger partial charge in [0, 0.05) is 22.3 Å². The second-order valence-electron chi connectivity index (χ2n) is 8.23. The van der Waals surface area contributed by atoms with Gasteiger partial charge in [0.05, 0.1) is 11.4 Å². The van der Waals surface area contributed by atoms with Crippen molar-refractivity contribution in [3.05, 3.63) is 134 Å². The molecule has 0 aliphatic rings. The van der Waals surface area contributed by atoms with Crippen LogP contribution < -0.4 is 0 Å². The zero-order valence-electron chi connectivity index (χ0n) is 20.4. The van der Waals surface area contributed by atoms with E-state index in [1.165, 1.54) is 0 Å². The highest BCUT2D eigenvalue weighted by Crippen LogP contribution is 2.37. The van der Waals surface area contributed by atoms with Gasteiger partial charge in [-0.1, -0.05) is 129 Å². The van der Waals surface area contributed by atoms with E-state index < -0.39 is 0 Å². The molecule has 0 amide bonds. The van der Waals surface area contributed by atoms with E-state index in [0.29, 0.717) is 5.82 Å². The van der Waals surface area contributed by atoms with Gasteiger partial charge in [-0.15, -0.1) is 0 Å². The molecule has 0 N–H and O–H groups in total. The molecular formula is C33H30N2. The number of allylic oxidation sites excluding steroid dienone is 6. The molecule has 172 valence electrons. The predicted octanol–water partition coefficient (Wildman–Crippen LogP) is 9.05. The number of nitrogens with zero attached hydrogens (tertiary/aromatic N) is 2. The van der Waals surface area contributed by atoms with Crippen LogP contribution in [0, 0.1) is 0 Å². The summed E-state index contributed by atoms with van der Waals surface area (Å²) in [5.41, 5.74) is 8.93. The third-order valence-electron chi connectivity index (χ3n) is 5.82. The molecule has 0 radical (unpaired) electrons. The molecule has 4 aromatic rings. The van der Waals surface area contributed by atoms with Crippen molar-refractivity contribution in [3.63, 3.8) is 0 Å². The van der Waals surface area contributed by atoms with E-state index in [2.05, 4.69) is 62.6 Å². The van der Waals surface area contributed by atoms with E-state index in [0.717, 1.165) is 56.8 Å². The van der Waals surface area contributed by atoms with Crippen LogP contribution in [0.25, 0.3) is 45.0 Å². The SMILES string of the molecule is C=CC(=CCC)c1c(-c2ccccc2)nc(-c2ccccc2)nc1-c1ccc(C(=C)C=CC)cc1. The lowest BCUT2D eigenvalue weighted by molar-refractivity contribution is 1.16. The number of aromatic nitrogens is 2. The van der Waals surface area contributed by atoms with Crippen LogP contribution in [0.15, 0.2) is 122 Å². The van der Waals surface area contributed by atoms with E-state index in [9.17, 15) is 0 Å². The molecule has 0 aliphatic heterocycles. The summed E-state index contributed by atoms with van der Waals surface area (Å²) >= 11 is 0. The molecular weight excluding hydrogens is 424 g/mol. The summed E-state index contributed by atoms with van der Waals surface area (Å²) in [7, 11) is 0. The number of benzene rings is 3. The molecule has 0 aliphatic carbocycles. The van der Waals surface area contributed by atoms with Gasteiger partial charge in [0.1, 0.15) is 0 Å². The predicted molar refractivity (Wildman–Crippen MR) is 151 cm³/mol.